The molecule has 0 saturated heterocycles. The van der Waals surface area contributed by atoms with E-state index in [1.54, 1.807) is 11.3 Å². The summed E-state index contributed by atoms with van der Waals surface area (Å²) < 4.78 is 0. The highest BCUT2D eigenvalue weighted by Gasteiger charge is 2.08. The van der Waals surface area contributed by atoms with Gasteiger partial charge in [-0.3, -0.25) is 4.98 Å². The standard InChI is InChI=1S/C14H21N5S/c1-4-5-16-12-6-13(19-14(18-12)10(2)3)17-8-11-7-15-9-20-11/h6-7,9-10H,4-5,8H2,1-3H3,(H2,16,17,18,19). The average Bonchev–Trinajstić information content (AvgIpc) is 2.96. The zero-order valence-corrected chi connectivity index (χ0v) is 13.0. The number of hydrogen-bond donors (Lipinski definition) is 2. The number of hydrogen-bond acceptors (Lipinski definition) is 6. The molecule has 2 aromatic heterocycles. The van der Waals surface area contributed by atoms with Crippen LogP contribution in [0.15, 0.2) is 17.8 Å². The summed E-state index contributed by atoms with van der Waals surface area (Å²) in [5, 5.41) is 6.66. The summed E-state index contributed by atoms with van der Waals surface area (Å²) in [6, 6.07) is 1.96. The van der Waals surface area contributed by atoms with E-state index in [0.29, 0.717) is 5.92 Å². The molecule has 2 rings (SSSR count). The summed E-state index contributed by atoms with van der Waals surface area (Å²) in [4.78, 5) is 14.4. The number of thiazole rings is 1. The molecular formula is C14H21N5S. The monoisotopic (exact) mass is 291 g/mol. The Kier molecular flexibility index (Phi) is 5.29. The van der Waals surface area contributed by atoms with Crippen LogP contribution in [0.1, 0.15) is 43.8 Å². The van der Waals surface area contributed by atoms with Crippen molar-refractivity contribution in [3.63, 3.8) is 0 Å². The Morgan fingerprint density at radius 3 is 2.55 bits per heavy atom. The lowest BCUT2D eigenvalue weighted by Crippen LogP contribution is -2.09. The second kappa shape index (κ2) is 7.19. The van der Waals surface area contributed by atoms with Crippen molar-refractivity contribution in [1.82, 2.24) is 15.0 Å². The Morgan fingerprint density at radius 1 is 1.20 bits per heavy atom. The number of anilines is 2. The third-order valence-electron chi connectivity index (χ3n) is 2.74. The molecule has 0 aliphatic rings. The van der Waals surface area contributed by atoms with E-state index < -0.39 is 0 Å². The number of rotatable bonds is 7. The van der Waals surface area contributed by atoms with Crippen molar-refractivity contribution in [2.75, 3.05) is 17.2 Å². The number of nitrogens with zero attached hydrogens (tertiary/aromatic N) is 3. The van der Waals surface area contributed by atoms with E-state index >= 15 is 0 Å². The van der Waals surface area contributed by atoms with Crippen molar-refractivity contribution in [3.05, 3.63) is 28.5 Å². The van der Waals surface area contributed by atoms with E-state index in [-0.39, 0.29) is 0 Å². The Morgan fingerprint density at radius 2 is 1.95 bits per heavy atom. The van der Waals surface area contributed by atoms with E-state index in [0.717, 1.165) is 37.0 Å². The fourth-order valence-corrected chi connectivity index (χ4v) is 2.20. The fraction of sp³-hybridized carbons (Fsp3) is 0.500. The van der Waals surface area contributed by atoms with Gasteiger partial charge in [-0.1, -0.05) is 20.8 Å². The molecule has 2 aromatic rings. The minimum atomic E-state index is 0.308. The SMILES string of the molecule is CCCNc1cc(NCc2cncs2)nc(C(C)C)n1. The molecule has 0 atom stereocenters. The van der Waals surface area contributed by atoms with Gasteiger partial charge < -0.3 is 10.6 Å². The number of aromatic nitrogens is 3. The summed E-state index contributed by atoms with van der Waals surface area (Å²) >= 11 is 1.64. The smallest absolute Gasteiger partial charge is 0.135 e. The molecule has 2 heterocycles. The third kappa shape index (κ3) is 4.16. The Balaban J connectivity index is 2.11. The highest BCUT2D eigenvalue weighted by molar-refractivity contribution is 7.09. The van der Waals surface area contributed by atoms with Crippen molar-refractivity contribution in [3.8, 4) is 0 Å². The zero-order valence-electron chi connectivity index (χ0n) is 12.2. The minimum Gasteiger partial charge on any atom is -0.370 e. The summed E-state index contributed by atoms with van der Waals surface area (Å²) in [7, 11) is 0. The summed E-state index contributed by atoms with van der Waals surface area (Å²) in [6.07, 6.45) is 2.95. The molecule has 0 amide bonds. The van der Waals surface area contributed by atoms with Crippen molar-refractivity contribution in [2.24, 2.45) is 0 Å². The molecule has 0 saturated carbocycles. The molecule has 2 N–H and O–H groups in total. The Bertz CT molecular complexity index is 524. The van der Waals surface area contributed by atoms with Gasteiger partial charge in [0.25, 0.3) is 0 Å². The van der Waals surface area contributed by atoms with Crippen molar-refractivity contribution >= 4 is 23.0 Å². The molecule has 0 radical (unpaired) electrons. The van der Waals surface area contributed by atoms with Crippen LogP contribution < -0.4 is 10.6 Å². The molecule has 0 aromatic carbocycles. The van der Waals surface area contributed by atoms with Gasteiger partial charge in [-0.25, -0.2) is 9.97 Å². The van der Waals surface area contributed by atoms with E-state index in [1.807, 2.05) is 17.8 Å². The first-order valence-corrected chi connectivity index (χ1v) is 7.81. The van der Waals surface area contributed by atoms with Gasteiger partial charge in [0.1, 0.15) is 17.5 Å². The van der Waals surface area contributed by atoms with Crippen LogP contribution in [0.3, 0.4) is 0 Å². The number of nitrogens with one attached hydrogen (secondary N) is 2. The second-order valence-electron chi connectivity index (χ2n) is 4.90. The van der Waals surface area contributed by atoms with Crippen LogP contribution in [0.25, 0.3) is 0 Å². The van der Waals surface area contributed by atoms with E-state index in [9.17, 15) is 0 Å². The summed E-state index contributed by atoms with van der Waals surface area (Å²) in [5.41, 5.74) is 1.84. The van der Waals surface area contributed by atoms with Gasteiger partial charge in [0.05, 0.1) is 12.1 Å². The molecule has 20 heavy (non-hydrogen) atoms. The van der Waals surface area contributed by atoms with Gasteiger partial charge in [0.2, 0.25) is 0 Å². The van der Waals surface area contributed by atoms with Gasteiger partial charge in [-0.15, -0.1) is 11.3 Å². The molecule has 0 spiro atoms. The quantitative estimate of drug-likeness (QED) is 0.817. The van der Waals surface area contributed by atoms with Crippen LogP contribution >= 0.6 is 11.3 Å². The van der Waals surface area contributed by atoms with Crippen LogP contribution in [-0.4, -0.2) is 21.5 Å². The van der Waals surface area contributed by atoms with E-state index in [1.165, 1.54) is 4.88 Å². The maximum atomic E-state index is 4.56. The van der Waals surface area contributed by atoms with Crippen LogP contribution in [0.5, 0.6) is 0 Å². The fourth-order valence-electron chi connectivity index (χ4n) is 1.67. The molecule has 5 nitrogen and oxygen atoms in total. The van der Waals surface area contributed by atoms with Gasteiger partial charge in [-0.05, 0) is 6.42 Å². The largest absolute Gasteiger partial charge is 0.370 e. The second-order valence-corrected chi connectivity index (χ2v) is 5.87. The maximum Gasteiger partial charge on any atom is 0.135 e. The molecule has 0 unspecified atom stereocenters. The zero-order chi connectivity index (χ0) is 14.4. The van der Waals surface area contributed by atoms with Gasteiger partial charge in [0.15, 0.2) is 0 Å². The predicted molar refractivity (Wildman–Crippen MR) is 84.3 cm³/mol. The summed E-state index contributed by atoms with van der Waals surface area (Å²) in [5.74, 6) is 2.91. The van der Waals surface area contributed by atoms with Crippen molar-refractivity contribution in [1.29, 1.82) is 0 Å². The topological polar surface area (TPSA) is 62.7 Å². The lowest BCUT2D eigenvalue weighted by molar-refractivity contribution is 0.774. The third-order valence-corrected chi connectivity index (χ3v) is 3.52. The van der Waals surface area contributed by atoms with Crippen LogP contribution in [-0.2, 0) is 6.54 Å². The maximum absolute atomic E-state index is 4.56. The Hall–Kier alpha value is -1.69. The highest BCUT2D eigenvalue weighted by atomic mass is 32.1. The van der Waals surface area contributed by atoms with Crippen molar-refractivity contribution < 1.29 is 0 Å². The molecule has 0 fully saturated rings. The van der Waals surface area contributed by atoms with Gasteiger partial charge in [0, 0.05) is 29.6 Å². The average molecular weight is 291 g/mol. The molecule has 0 aliphatic carbocycles. The molecule has 108 valence electrons. The first kappa shape index (κ1) is 14.7. The summed E-state index contributed by atoms with van der Waals surface area (Å²) in [6.45, 7) is 8.01. The molecule has 0 aliphatic heterocycles. The predicted octanol–water partition coefficient (Wildman–Crippen LogP) is 3.49. The van der Waals surface area contributed by atoms with Crippen LogP contribution in [0.2, 0.25) is 0 Å². The normalized spacial score (nSPS) is 10.8. The van der Waals surface area contributed by atoms with Crippen molar-refractivity contribution in [2.45, 2.75) is 39.7 Å². The first-order valence-electron chi connectivity index (χ1n) is 6.93. The Labute approximate surface area is 123 Å². The minimum absolute atomic E-state index is 0.308. The van der Waals surface area contributed by atoms with Gasteiger partial charge in [-0.2, -0.15) is 0 Å². The van der Waals surface area contributed by atoms with Crippen LogP contribution in [0, 0.1) is 0 Å². The first-order chi connectivity index (χ1) is 9.69. The van der Waals surface area contributed by atoms with E-state index in [2.05, 4.69) is 46.4 Å². The molecule has 6 heteroatoms. The lowest BCUT2D eigenvalue weighted by atomic mass is 10.2. The van der Waals surface area contributed by atoms with Gasteiger partial charge >= 0.3 is 0 Å². The molecule has 0 bridgehead atoms. The van der Waals surface area contributed by atoms with Crippen LogP contribution in [0.4, 0.5) is 11.6 Å². The molecular weight excluding hydrogens is 270 g/mol. The van der Waals surface area contributed by atoms with E-state index in [4.69, 9.17) is 0 Å². The lowest BCUT2D eigenvalue weighted by Gasteiger charge is -2.12. The highest BCUT2D eigenvalue weighted by Crippen LogP contribution is 2.18.